The van der Waals surface area contributed by atoms with Crippen LogP contribution in [0.3, 0.4) is 0 Å². The topological polar surface area (TPSA) is 50.1 Å². The molecule has 2 atom stereocenters. The minimum atomic E-state index is -0.217. The molecule has 0 bridgehead atoms. The number of hydrogen-bond acceptors (Lipinski definition) is 3. The third-order valence-electron chi connectivity index (χ3n) is 2.78. The number of hydrogen-bond donors (Lipinski definition) is 2. The molecule has 1 aromatic heterocycles. The molecule has 14 heavy (non-hydrogen) atoms. The van der Waals surface area contributed by atoms with Crippen LogP contribution >= 0.6 is 0 Å². The highest BCUT2D eigenvalue weighted by atomic mass is 16.3. The Hall–Kier alpha value is -1.03. The molecule has 1 aliphatic rings. The third-order valence-corrected chi connectivity index (χ3v) is 2.78. The largest absolute Gasteiger partial charge is 0.391 e. The van der Waals surface area contributed by atoms with Crippen molar-refractivity contribution in [3.8, 4) is 0 Å². The zero-order chi connectivity index (χ0) is 9.97. The first-order valence-electron chi connectivity index (χ1n) is 5.20. The minimum absolute atomic E-state index is 0.179. The molecule has 4 nitrogen and oxygen atoms in total. The highest BCUT2D eigenvalue weighted by molar-refractivity contribution is 5.34. The maximum absolute atomic E-state index is 9.74. The second-order valence-corrected chi connectivity index (χ2v) is 3.98. The van der Waals surface area contributed by atoms with Crippen molar-refractivity contribution < 1.29 is 5.11 Å². The van der Waals surface area contributed by atoms with Gasteiger partial charge in [0.05, 0.1) is 12.1 Å². The second kappa shape index (κ2) is 4.00. The van der Waals surface area contributed by atoms with Crippen molar-refractivity contribution in [3.05, 3.63) is 12.3 Å². The van der Waals surface area contributed by atoms with Crippen molar-refractivity contribution in [2.45, 2.75) is 37.8 Å². The first-order valence-corrected chi connectivity index (χ1v) is 5.20. The molecule has 0 aliphatic heterocycles. The summed E-state index contributed by atoms with van der Waals surface area (Å²) in [7, 11) is 1.89. The van der Waals surface area contributed by atoms with Crippen LogP contribution in [0, 0.1) is 0 Å². The van der Waals surface area contributed by atoms with Gasteiger partial charge in [-0.1, -0.05) is 12.8 Å². The highest BCUT2D eigenvalue weighted by Crippen LogP contribution is 2.21. The summed E-state index contributed by atoms with van der Waals surface area (Å²) in [5.41, 5.74) is 0. The molecular formula is C10H17N3O. The lowest BCUT2D eigenvalue weighted by molar-refractivity contribution is 0.116. The van der Waals surface area contributed by atoms with E-state index in [0.717, 1.165) is 25.1 Å². The van der Waals surface area contributed by atoms with Gasteiger partial charge in [0.2, 0.25) is 0 Å². The predicted molar refractivity (Wildman–Crippen MR) is 55.1 cm³/mol. The number of nitrogens with zero attached hydrogens (tertiary/aromatic N) is 2. The Labute approximate surface area is 83.9 Å². The highest BCUT2D eigenvalue weighted by Gasteiger charge is 2.22. The fourth-order valence-electron chi connectivity index (χ4n) is 1.96. The Morgan fingerprint density at radius 2 is 2.29 bits per heavy atom. The third kappa shape index (κ3) is 2.07. The van der Waals surface area contributed by atoms with Crippen molar-refractivity contribution in [2.75, 3.05) is 5.32 Å². The van der Waals surface area contributed by atoms with Gasteiger partial charge in [0.1, 0.15) is 5.82 Å². The van der Waals surface area contributed by atoms with Crippen LogP contribution in [0.2, 0.25) is 0 Å². The number of rotatable bonds is 2. The van der Waals surface area contributed by atoms with Crippen LogP contribution in [0.1, 0.15) is 25.7 Å². The van der Waals surface area contributed by atoms with Crippen molar-refractivity contribution in [1.29, 1.82) is 0 Å². The van der Waals surface area contributed by atoms with Crippen LogP contribution in [0.25, 0.3) is 0 Å². The molecule has 1 saturated carbocycles. The lowest BCUT2D eigenvalue weighted by Crippen LogP contribution is -2.36. The quantitative estimate of drug-likeness (QED) is 0.744. The molecule has 0 amide bonds. The second-order valence-electron chi connectivity index (χ2n) is 3.98. The van der Waals surface area contributed by atoms with Crippen LogP contribution in [0.15, 0.2) is 12.3 Å². The summed E-state index contributed by atoms with van der Waals surface area (Å²) in [4.78, 5) is 0. The van der Waals surface area contributed by atoms with Gasteiger partial charge in [-0.25, -0.2) is 0 Å². The lowest BCUT2D eigenvalue weighted by atomic mass is 9.93. The molecule has 1 heterocycles. The Bertz CT molecular complexity index is 297. The van der Waals surface area contributed by atoms with Gasteiger partial charge in [0.15, 0.2) is 0 Å². The van der Waals surface area contributed by atoms with E-state index < -0.39 is 0 Å². The number of aliphatic hydroxyl groups excluding tert-OH is 1. The van der Waals surface area contributed by atoms with Crippen LogP contribution in [-0.4, -0.2) is 27.0 Å². The molecule has 2 N–H and O–H groups in total. The van der Waals surface area contributed by atoms with E-state index in [4.69, 9.17) is 0 Å². The van der Waals surface area contributed by atoms with E-state index in [-0.39, 0.29) is 12.1 Å². The first-order chi connectivity index (χ1) is 6.75. The van der Waals surface area contributed by atoms with Crippen LogP contribution < -0.4 is 5.32 Å². The van der Waals surface area contributed by atoms with E-state index in [0.29, 0.717) is 0 Å². The monoisotopic (exact) mass is 195 g/mol. The van der Waals surface area contributed by atoms with Crippen molar-refractivity contribution >= 4 is 5.82 Å². The summed E-state index contributed by atoms with van der Waals surface area (Å²) in [6.07, 6.45) is 5.97. The van der Waals surface area contributed by atoms with Crippen molar-refractivity contribution in [3.63, 3.8) is 0 Å². The van der Waals surface area contributed by atoms with E-state index in [2.05, 4.69) is 10.4 Å². The fraction of sp³-hybridized carbons (Fsp3) is 0.700. The molecule has 2 rings (SSSR count). The van der Waals surface area contributed by atoms with Gasteiger partial charge in [-0.2, -0.15) is 5.10 Å². The zero-order valence-electron chi connectivity index (χ0n) is 8.48. The number of anilines is 1. The summed E-state index contributed by atoms with van der Waals surface area (Å²) in [6.45, 7) is 0. The number of aromatic nitrogens is 2. The molecule has 0 spiro atoms. The molecule has 0 aromatic carbocycles. The summed E-state index contributed by atoms with van der Waals surface area (Å²) >= 11 is 0. The first kappa shape index (κ1) is 9.52. The molecule has 0 unspecified atom stereocenters. The molecule has 78 valence electrons. The predicted octanol–water partition coefficient (Wildman–Crippen LogP) is 1.14. The lowest BCUT2D eigenvalue weighted by Gasteiger charge is -2.28. The van der Waals surface area contributed by atoms with Gasteiger partial charge in [0.25, 0.3) is 0 Å². The molecule has 0 radical (unpaired) electrons. The molecule has 4 heteroatoms. The van der Waals surface area contributed by atoms with E-state index in [1.54, 1.807) is 4.68 Å². The van der Waals surface area contributed by atoms with E-state index in [9.17, 15) is 5.11 Å². The van der Waals surface area contributed by atoms with Crippen LogP contribution in [0.5, 0.6) is 0 Å². The van der Waals surface area contributed by atoms with E-state index >= 15 is 0 Å². The van der Waals surface area contributed by atoms with Gasteiger partial charge in [0, 0.05) is 19.3 Å². The SMILES string of the molecule is Cn1ccc(N[C@@H]2CCCC[C@H]2O)n1. The Morgan fingerprint density at radius 1 is 1.50 bits per heavy atom. The molecule has 1 fully saturated rings. The standard InChI is InChI=1S/C10H17N3O/c1-13-7-6-10(12-13)11-8-4-2-3-5-9(8)14/h6-9,14H,2-5H2,1H3,(H,11,12)/t8-,9-/m1/s1. The van der Waals surface area contributed by atoms with E-state index in [1.165, 1.54) is 6.42 Å². The van der Waals surface area contributed by atoms with Gasteiger partial charge in [-0.3, -0.25) is 4.68 Å². The van der Waals surface area contributed by atoms with Gasteiger partial charge >= 0.3 is 0 Å². The normalized spacial score (nSPS) is 27.6. The van der Waals surface area contributed by atoms with Gasteiger partial charge in [-0.05, 0) is 12.8 Å². The average molecular weight is 195 g/mol. The van der Waals surface area contributed by atoms with Crippen molar-refractivity contribution in [2.24, 2.45) is 7.05 Å². The smallest absolute Gasteiger partial charge is 0.148 e. The maximum atomic E-state index is 9.74. The fourth-order valence-corrected chi connectivity index (χ4v) is 1.96. The Kier molecular flexibility index (Phi) is 2.72. The van der Waals surface area contributed by atoms with E-state index in [1.807, 2.05) is 19.3 Å². The molecule has 0 saturated heterocycles. The van der Waals surface area contributed by atoms with Gasteiger partial charge < -0.3 is 10.4 Å². The number of nitrogens with one attached hydrogen (secondary N) is 1. The number of aryl methyl sites for hydroxylation is 1. The van der Waals surface area contributed by atoms with Crippen LogP contribution in [0.4, 0.5) is 5.82 Å². The molecule has 1 aliphatic carbocycles. The summed E-state index contributed by atoms with van der Waals surface area (Å²) in [6, 6.07) is 2.11. The Balaban J connectivity index is 1.95. The summed E-state index contributed by atoms with van der Waals surface area (Å²) < 4.78 is 1.76. The summed E-state index contributed by atoms with van der Waals surface area (Å²) in [5.74, 6) is 0.860. The zero-order valence-corrected chi connectivity index (χ0v) is 8.48. The van der Waals surface area contributed by atoms with Crippen LogP contribution in [-0.2, 0) is 7.05 Å². The molecule has 1 aromatic rings. The number of aliphatic hydroxyl groups is 1. The maximum Gasteiger partial charge on any atom is 0.148 e. The summed E-state index contributed by atoms with van der Waals surface area (Å²) in [5, 5.41) is 17.2. The average Bonchev–Trinajstić information content (AvgIpc) is 2.56. The molecular weight excluding hydrogens is 178 g/mol. The minimum Gasteiger partial charge on any atom is -0.391 e. The van der Waals surface area contributed by atoms with Gasteiger partial charge in [-0.15, -0.1) is 0 Å². The Morgan fingerprint density at radius 3 is 2.93 bits per heavy atom. The van der Waals surface area contributed by atoms with Crippen molar-refractivity contribution in [1.82, 2.24) is 9.78 Å².